The van der Waals surface area contributed by atoms with Gasteiger partial charge in [-0.3, -0.25) is 10.1 Å². The van der Waals surface area contributed by atoms with Gasteiger partial charge in [0.1, 0.15) is 17.9 Å². The van der Waals surface area contributed by atoms with Crippen molar-refractivity contribution in [1.29, 1.82) is 0 Å². The summed E-state index contributed by atoms with van der Waals surface area (Å²) in [4.78, 5) is 11.5. The first-order valence-corrected chi connectivity index (χ1v) is 6.15. The Balaban J connectivity index is 2.54. The molecule has 0 aromatic heterocycles. The van der Waals surface area contributed by atoms with Gasteiger partial charge in [0, 0.05) is 6.54 Å². The maximum atomic E-state index is 11.5. The zero-order chi connectivity index (χ0) is 14.3. The minimum absolute atomic E-state index is 0.279. The molecule has 19 heavy (non-hydrogen) atoms. The molecule has 0 atom stereocenters. The number of benzene rings is 1. The van der Waals surface area contributed by atoms with E-state index in [4.69, 9.17) is 9.47 Å². The molecule has 0 aliphatic heterocycles. The number of nitrogens with one attached hydrogen (secondary N) is 1. The minimum Gasteiger partial charge on any atom is -0.490 e. The molecule has 1 rings (SSSR count). The Morgan fingerprint density at radius 1 is 1.37 bits per heavy atom. The van der Waals surface area contributed by atoms with E-state index in [9.17, 15) is 4.79 Å². The van der Waals surface area contributed by atoms with Gasteiger partial charge in [-0.25, -0.2) is 0 Å². The van der Waals surface area contributed by atoms with Gasteiger partial charge in [-0.1, -0.05) is 24.8 Å². The van der Waals surface area contributed by atoms with Crippen LogP contribution in [-0.2, 0) is 16.1 Å². The Labute approximate surface area is 114 Å². The first-order valence-electron chi connectivity index (χ1n) is 6.15. The summed E-state index contributed by atoms with van der Waals surface area (Å²) in [6, 6.07) is 7.70. The van der Waals surface area contributed by atoms with Crippen molar-refractivity contribution in [2.45, 2.75) is 25.9 Å². The van der Waals surface area contributed by atoms with Crippen LogP contribution in [0.25, 0.3) is 0 Å². The zero-order valence-corrected chi connectivity index (χ0v) is 11.7. The van der Waals surface area contributed by atoms with Gasteiger partial charge in [-0.2, -0.15) is 0 Å². The molecule has 0 radical (unpaired) electrons. The fourth-order valence-electron chi connectivity index (χ4n) is 1.51. The van der Waals surface area contributed by atoms with Crippen molar-refractivity contribution in [3.05, 3.63) is 42.5 Å². The lowest BCUT2D eigenvalue weighted by Gasteiger charge is -2.23. The highest BCUT2D eigenvalue weighted by molar-refractivity contribution is 5.79. The molecule has 0 saturated carbocycles. The molecular weight excluding hydrogens is 242 g/mol. The molecule has 0 spiro atoms. The molecule has 104 valence electrons. The monoisotopic (exact) mass is 263 g/mol. The highest BCUT2D eigenvalue weighted by atomic mass is 16.5. The Morgan fingerprint density at radius 3 is 2.53 bits per heavy atom. The predicted molar refractivity (Wildman–Crippen MR) is 75.1 cm³/mol. The molecule has 1 aromatic carbocycles. The van der Waals surface area contributed by atoms with Crippen LogP contribution in [0.4, 0.5) is 0 Å². The van der Waals surface area contributed by atoms with E-state index in [1.54, 1.807) is 19.9 Å². The van der Waals surface area contributed by atoms with Crippen LogP contribution < -0.4 is 10.1 Å². The van der Waals surface area contributed by atoms with Gasteiger partial charge in [0.2, 0.25) is 0 Å². The van der Waals surface area contributed by atoms with E-state index in [0.29, 0.717) is 13.2 Å². The van der Waals surface area contributed by atoms with Crippen LogP contribution in [0.3, 0.4) is 0 Å². The summed E-state index contributed by atoms with van der Waals surface area (Å²) in [7, 11) is 1.39. The van der Waals surface area contributed by atoms with Crippen LogP contribution in [0.15, 0.2) is 36.9 Å². The van der Waals surface area contributed by atoms with E-state index >= 15 is 0 Å². The minimum atomic E-state index is -0.702. The second-order valence-corrected chi connectivity index (χ2v) is 4.71. The van der Waals surface area contributed by atoms with Gasteiger partial charge >= 0.3 is 5.97 Å². The van der Waals surface area contributed by atoms with Crippen LogP contribution in [-0.4, -0.2) is 25.2 Å². The quantitative estimate of drug-likeness (QED) is 0.605. The Hall–Kier alpha value is -1.81. The molecular formula is C15H21NO3. The van der Waals surface area contributed by atoms with Gasteiger partial charge in [-0.05, 0) is 31.5 Å². The summed E-state index contributed by atoms with van der Waals surface area (Å²) in [5.74, 6) is 0.523. The van der Waals surface area contributed by atoms with Gasteiger partial charge in [0.25, 0.3) is 0 Å². The smallest absolute Gasteiger partial charge is 0.325 e. The van der Waals surface area contributed by atoms with Crippen molar-refractivity contribution in [2.75, 3.05) is 13.7 Å². The van der Waals surface area contributed by atoms with Crippen LogP contribution in [0.5, 0.6) is 5.75 Å². The van der Waals surface area contributed by atoms with Crippen molar-refractivity contribution >= 4 is 5.97 Å². The number of esters is 1. The fraction of sp³-hybridized carbons (Fsp3) is 0.400. The molecule has 1 N–H and O–H groups in total. The Kier molecular flexibility index (Phi) is 5.57. The third kappa shape index (κ3) is 4.75. The normalized spacial score (nSPS) is 10.9. The Bertz CT molecular complexity index is 424. The molecule has 4 nitrogen and oxygen atoms in total. The number of rotatable bonds is 7. The maximum absolute atomic E-state index is 11.5. The highest BCUT2D eigenvalue weighted by Crippen LogP contribution is 2.13. The van der Waals surface area contributed by atoms with Gasteiger partial charge in [0.05, 0.1) is 7.11 Å². The second-order valence-electron chi connectivity index (χ2n) is 4.71. The van der Waals surface area contributed by atoms with Crippen molar-refractivity contribution in [1.82, 2.24) is 5.32 Å². The van der Waals surface area contributed by atoms with E-state index < -0.39 is 5.54 Å². The lowest BCUT2D eigenvalue weighted by atomic mass is 10.1. The number of methoxy groups -OCH3 is 1. The number of ether oxygens (including phenoxy) is 2. The van der Waals surface area contributed by atoms with E-state index in [2.05, 4.69) is 11.9 Å². The molecule has 0 fully saturated rings. The average Bonchev–Trinajstić information content (AvgIpc) is 2.43. The van der Waals surface area contributed by atoms with E-state index in [-0.39, 0.29) is 5.97 Å². The zero-order valence-electron chi connectivity index (χ0n) is 11.7. The Morgan fingerprint density at radius 2 is 2.00 bits per heavy atom. The standard InChI is InChI=1S/C15H21NO3/c1-5-10-19-13-8-6-12(7-9-13)11-16-15(2,3)14(17)18-4/h5-9,16H,1,10-11H2,2-4H3. The van der Waals surface area contributed by atoms with Crippen LogP contribution in [0, 0.1) is 0 Å². The first kappa shape index (κ1) is 15.2. The molecule has 0 unspecified atom stereocenters. The van der Waals surface area contributed by atoms with Crippen LogP contribution in [0.2, 0.25) is 0 Å². The first-order chi connectivity index (χ1) is 8.99. The average molecular weight is 263 g/mol. The van der Waals surface area contributed by atoms with E-state index in [0.717, 1.165) is 11.3 Å². The van der Waals surface area contributed by atoms with Gasteiger partial charge in [-0.15, -0.1) is 0 Å². The summed E-state index contributed by atoms with van der Waals surface area (Å²) >= 11 is 0. The summed E-state index contributed by atoms with van der Waals surface area (Å²) < 4.78 is 10.1. The molecule has 0 aliphatic carbocycles. The molecule has 1 aromatic rings. The van der Waals surface area contributed by atoms with E-state index in [1.165, 1.54) is 7.11 Å². The van der Waals surface area contributed by atoms with E-state index in [1.807, 2.05) is 24.3 Å². The summed E-state index contributed by atoms with van der Waals surface area (Å²) in [5, 5.41) is 3.16. The number of carbonyl (C=O) groups is 1. The molecule has 0 saturated heterocycles. The number of hydrogen-bond donors (Lipinski definition) is 1. The molecule has 0 aliphatic rings. The summed E-state index contributed by atoms with van der Waals surface area (Å²) in [6.07, 6.45) is 1.70. The maximum Gasteiger partial charge on any atom is 0.325 e. The highest BCUT2D eigenvalue weighted by Gasteiger charge is 2.27. The van der Waals surface area contributed by atoms with Gasteiger partial charge < -0.3 is 9.47 Å². The molecule has 0 heterocycles. The predicted octanol–water partition coefficient (Wildman–Crippen LogP) is 2.29. The largest absolute Gasteiger partial charge is 0.490 e. The third-order valence-electron chi connectivity index (χ3n) is 2.72. The van der Waals surface area contributed by atoms with Crippen molar-refractivity contribution in [3.8, 4) is 5.75 Å². The van der Waals surface area contributed by atoms with Crippen molar-refractivity contribution < 1.29 is 14.3 Å². The van der Waals surface area contributed by atoms with Gasteiger partial charge in [0.15, 0.2) is 0 Å². The second kappa shape index (κ2) is 6.95. The topological polar surface area (TPSA) is 47.6 Å². The summed E-state index contributed by atoms with van der Waals surface area (Å²) in [5.41, 5.74) is 0.371. The lowest BCUT2D eigenvalue weighted by molar-refractivity contribution is -0.147. The number of hydrogen-bond acceptors (Lipinski definition) is 4. The summed E-state index contributed by atoms with van der Waals surface area (Å²) in [6.45, 7) is 8.26. The van der Waals surface area contributed by atoms with Crippen LogP contribution in [0.1, 0.15) is 19.4 Å². The fourth-order valence-corrected chi connectivity index (χ4v) is 1.51. The van der Waals surface area contributed by atoms with Crippen molar-refractivity contribution in [2.24, 2.45) is 0 Å². The molecule has 0 bridgehead atoms. The third-order valence-corrected chi connectivity index (χ3v) is 2.72. The van der Waals surface area contributed by atoms with Crippen molar-refractivity contribution in [3.63, 3.8) is 0 Å². The molecule has 0 amide bonds. The SMILES string of the molecule is C=CCOc1ccc(CNC(C)(C)C(=O)OC)cc1. The lowest BCUT2D eigenvalue weighted by Crippen LogP contribution is -2.46. The van der Waals surface area contributed by atoms with Crippen LogP contribution >= 0.6 is 0 Å². The number of carbonyl (C=O) groups excluding carboxylic acids is 1. The molecule has 4 heteroatoms.